The molecule has 0 spiro atoms. The molecule has 130 valence electrons. The average Bonchev–Trinajstić information content (AvgIpc) is 3.23. The van der Waals surface area contributed by atoms with Crippen LogP contribution in [0, 0.1) is 12.2 Å². The van der Waals surface area contributed by atoms with Gasteiger partial charge in [0, 0.05) is 16.5 Å². The molecular formula is C18H22Cl2NiZr-8. The summed E-state index contributed by atoms with van der Waals surface area (Å²) >= 11 is -0.826. The van der Waals surface area contributed by atoms with Crippen LogP contribution in [0.4, 0.5) is 0 Å². The van der Waals surface area contributed by atoms with Gasteiger partial charge in [-0.05, 0) is 0 Å². The molecule has 0 aromatic heterocycles. The number of hydrogen-bond acceptors (Lipinski definition) is 0. The van der Waals surface area contributed by atoms with Crippen molar-refractivity contribution in [1.29, 1.82) is 0 Å². The molecule has 0 N–H and O–H groups in total. The third-order valence-electron chi connectivity index (χ3n) is 2.42. The zero-order chi connectivity index (χ0) is 16.3. The average molecular weight is 459 g/mol. The van der Waals surface area contributed by atoms with Gasteiger partial charge in [0.25, 0.3) is 0 Å². The van der Waals surface area contributed by atoms with Gasteiger partial charge in [-0.25, -0.2) is 12.1 Å². The smallest absolute Gasteiger partial charge is 0 e. The summed E-state index contributed by atoms with van der Waals surface area (Å²) in [7, 11) is 9.87. The summed E-state index contributed by atoms with van der Waals surface area (Å²) in [6.07, 6.45) is 6.07. The van der Waals surface area contributed by atoms with Crippen molar-refractivity contribution in [2.45, 2.75) is 27.7 Å². The Bertz CT molecular complexity index is 355. The Labute approximate surface area is 164 Å². The van der Waals surface area contributed by atoms with Crippen LogP contribution < -0.4 is 0 Å². The summed E-state index contributed by atoms with van der Waals surface area (Å²) in [5, 5.41) is 0. The maximum Gasteiger partial charge on any atom is 0 e. The standard InChI is InChI=1S/C8H12.2C5H5.2ClH.Ni.Zr/c1-5-7(3)8(4)6-2;2*1-2-4-5-3-1;;;;/h1-4H3;2*1-5H;2*1H;;/q-2;-5;-1;;;;+2/p-2. The Kier molecular flexibility index (Phi) is 28.7. The Morgan fingerprint density at radius 2 is 1.09 bits per heavy atom. The van der Waals surface area contributed by atoms with E-state index < -0.39 is 20.8 Å². The SMILES string of the molecule is C[C-]=C(C)C(C)=[C-]C.[Cl][Zr][Cl].[Ni].[cH-]1[cH-][cH-][cH-][cH-]1.c1cc[cH-]c1. The molecule has 2 aromatic carbocycles. The predicted octanol–water partition coefficient (Wildman–Crippen LogP) is 6.71. The van der Waals surface area contributed by atoms with Gasteiger partial charge in [0.2, 0.25) is 0 Å². The molecule has 0 saturated heterocycles. The van der Waals surface area contributed by atoms with E-state index in [0.29, 0.717) is 0 Å². The van der Waals surface area contributed by atoms with Gasteiger partial charge in [-0.1, -0.05) is 0 Å². The first-order valence-electron chi connectivity index (χ1n) is 6.46. The molecule has 0 amide bonds. The fraction of sp³-hybridized carbons (Fsp3) is 0.222. The number of hydrogen-bond donors (Lipinski definition) is 0. The Hall–Kier alpha value is 0.137. The first-order valence-corrected chi connectivity index (χ1v) is 12.8. The van der Waals surface area contributed by atoms with Gasteiger partial charge in [0.05, 0.1) is 0 Å². The van der Waals surface area contributed by atoms with Crippen LogP contribution in [0.1, 0.15) is 27.7 Å². The molecule has 2 aromatic rings. The van der Waals surface area contributed by atoms with Gasteiger partial charge in [-0.3, -0.25) is 0 Å². The van der Waals surface area contributed by atoms with Gasteiger partial charge < -0.3 is 53.6 Å². The second-order valence-corrected chi connectivity index (χ2v) is 7.48. The van der Waals surface area contributed by atoms with Crippen LogP contribution in [-0.2, 0) is 37.3 Å². The van der Waals surface area contributed by atoms with Crippen molar-refractivity contribution >= 4 is 17.0 Å². The summed E-state index contributed by atoms with van der Waals surface area (Å²) in [5.74, 6) is 0. The zero-order valence-electron chi connectivity index (χ0n) is 13.3. The quantitative estimate of drug-likeness (QED) is 0.253. The van der Waals surface area contributed by atoms with Crippen molar-refractivity contribution in [3.8, 4) is 0 Å². The first kappa shape index (κ1) is 27.0. The molecule has 0 saturated carbocycles. The van der Waals surface area contributed by atoms with Gasteiger partial charge in [-0.15, -0.1) is 27.7 Å². The molecule has 0 aliphatic rings. The monoisotopic (exact) mass is 456 g/mol. The minimum absolute atomic E-state index is 0. The normalized spacial score (nSPS) is 9.55. The molecule has 22 heavy (non-hydrogen) atoms. The van der Waals surface area contributed by atoms with Crippen molar-refractivity contribution in [1.82, 2.24) is 0 Å². The van der Waals surface area contributed by atoms with E-state index in [1.807, 2.05) is 88.4 Å². The zero-order valence-corrected chi connectivity index (χ0v) is 18.3. The maximum absolute atomic E-state index is 4.93. The van der Waals surface area contributed by atoms with Crippen LogP contribution in [0.3, 0.4) is 0 Å². The Balaban J connectivity index is -0.000000227. The van der Waals surface area contributed by atoms with E-state index in [-0.39, 0.29) is 16.5 Å². The Morgan fingerprint density at radius 3 is 1.23 bits per heavy atom. The van der Waals surface area contributed by atoms with Crippen LogP contribution in [0.15, 0.2) is 71.8 Å². The molecule has 0 bridgehead atoms. The molecule has 0 unspecified atom stereocenters. The second-order valence-electron chi connectivity index (χ2n) is 3.75. The van der Waals surface area contributed by atoms with Crippen LogP contribution in [0.5, 0.6) is 0 Å². The predicted molar refractivity (Wildman–Crippen MR) is 92.0 cm³/mol. The van der Waals surface area contributed by atoms with Crippen molar-refractivity contribution in [3.63, 3.8) is 0 Å². The topological polar surface area (TPSA) is 0 Å². The van der Waals surface area contributed by atoms with Gasteiger partial charge in [-0.2, -0.15) is 18.2 Å². The molecule has 0 nitrogen and oxygen atoms in total. The van der Waals surface area contributed by atoms with E-state index in [1.54, 1.807) is 0 Å². The summed E-state index contributed by atoms with van der Waals surface area (Å²) in [5.41, 5.74) is 2.38. The minimum Gasteiger partial charge on any atom is -0.748 e. The fourth-order valence-corrected chi connectivity index (χ4v) is 1.02. The van der Waals surface area contributed by atoms with E-state index in [4.69, 9.17) is 17.0 Å². The summed E-state index contributed by atoms with van der Waals surface area (Å²) < 4.78 is 0. The van der Waals surface area contributed by atoms with Gasteiger partial charge in [0.1, 0.15) is 0 Å². The largest absolute Gasteiger partial charge is 0.748 e. The minimum atomic E-state index is -0.826. The van der Waals surface area contributed by atoms with E-state index in [9.17, 15) is 0 Å². The van der Waals surface area contributed by atoms with E-state index in [1.165, 1.54) is 11.1 Å². The molecular weight excluding hydrogens is 437 g/mol. The molecule has 4 heteroatoms. The van der Waals surface area contributed by atoms with Gasteiger partial charge >= 0.3 is 37.9 Å². The Morgan fingerprint density at radius 1 is 0.818 bits per heavy atom. The number of halogens is 2. The molecule has 0 heterocycles. The molecule has 0 radical (unpaired) electrons. The van der Waals surface area contributed by atoms with E-state index >= 15 is 0 Å². The van der Waals surface area contributed by atoms with E-state index in [0.717, 1.165) is 0 Å². The molecule has 0 aliphatic heterocycles. The summed E-state index contributed by atoms with van der Waals surface area (Å²) in [6.45, 7) is 7.89. The number of allylic oxidation sites excluding steroid dienone is 4. The first-order chi connectivity index (χ1) is 10.1. The van der Waals surface area contributed by atoms with Crippen molar-refractivity contribution in [3.05, 3.63) is 84.0 Å². The third kappa shape index (κ3) is 22.4. The van der Waals surface area contributed by atoms with Crippen molar-refractivity contribution < 1.29 is 37.3 Å². The molecule has 0 aliphatic carbocycles. The maximum atomic E-state index is 4.93. The third-order valence-corrected chi connectivity index (χ3v) is 2.42. The summed E-state index contributed by atoms with van der Waals surface area (Å²) in [6, 6.07) is 20.0. The van der Waals surface area contributed by atoms with Crippen LogP contribution >= 0.6 is 17.0 Å². The molecule has 0 fully saturated rings. The van der Waals surface area contributed by atoms with Crippen LogP contribution in [0.2, 0.25) is 0 Å². The second kappa shape index (κ2) is 23.4. The fourth-order valence-electron chi connectivity index (χ4n) is 1.02. The van der Waals surface area contributed by atoms with E-state index in [2.05, 4.69) is 12.2 Å². The van der Waals surface area contributed by atoms with Crippen LogP contribution in [0.25, 0.3) is 0 Å². The van der Waals surface area contributed by atoms with Crippen molar-refractivity contribution in [2.24, 2.45) is 0 Å². The number of rotatable bonds is 1. The molecule has 2 rings (SSSR count). The summed E-state index contributed by atoms with van der Waals surface area (Å²) in [4.78, 5) is 0. The molecule has 0 atom stereocenters. The van der Waals surface area contributed by atoms with Crippen molar-refractivity contribution in [2.75, 3.05) is 0 Å². The van der Waals surface area contributed by atoms with Gasteiger partial charge in [0.15, 0.2) is 0 Å². The van der Waals surface area contributed by atoms with Crippen LogP contribution in [-0.4, -0.2) is 0 Å².